The summed E-state index contributed by atoms with van der Waals surface area (Å²) in [4.78, 5) is 10.6. The molecule has 1 atom stereocenters. The molecule has 21 heavy (non-hydrogen) atoms. The highest BCUT2D eigenvalue weighted by atomic mass is 35.5. The lowest BCUT2D eigenvalue weighted by atomic mass is 9.94. The average Bonchev–Trinajstić information content (AvgIpc) is 2.93. The topological polar surface area (TPSA) is 46.3 Å². The number of para-hydroxylation sites is 1. The highest BCUT2D eigenvalue weighted by Crippen LogP contribution is 2.35. The fourth-order valence-corrected chi connectivity index (χ4v) is 3.15. The summed E-state index contributed by atoms with van der Waals surface area (Å²) in [6, 6.07) is 10.3. The number of halogens is 1. The molecule has 1 aliphatic rings. The Morgan fingerprint density at radius 1 is 1.29 bits per heavy atom. The zero-order valence-corrected chi connectivity index (χ0v) is 12.3. The first kappa shape index (κ1) is 12.6. The van der Waals surface area contributed by atoms with Crippen LogP contribution in [-0.4, -0.2) is 26.1 Å². The zero-order valence-electron chi connectivity index (χ0n) is 11.6. The van der Waals surface area contributed by atoms with Crippen molar-refractivity contribution in [2.75, 3.05) is 11.4 Å². The van der Waals surface area contributed by atoms with E-state index in [9.17, 15) is 0 Å². The van der Waals surface area contributed by atoms with Crippen molar-refractivity contribution in [3.8, 4) is 0 Å². The summed E-state index contributed by atoms with van der Waals surface area (Å²) in [5, 5.41) is 4.71. The summed E-state index contributed by atoms with van der Waals surface area (Å²) >= 11 is 6.14. The van der Waals surface area contributed by atoms with Gasteiger partial charge in [-0.2, -0.15) is 19.6 Å². The van der Waals surface area contributed by atoms with Gasteiger partial charge in [-0.1, -0.05) is 36.7 Å². The quantitative estimate of drug-likeness (QED) is 0.648. The zero-order chi connectivity index (χ0) is 14.4. The van der Waals surface area contributed by atoms with Crippen molar-refractivity contribution in [3.63, 3.8) is 0 Å². The molecule has 2 aromatic heterocycles. The molecular formula is C15H14ClN5. The number of fused-ring (bicyclic) bond motifs is 2. The van der Waals surface area contributed by atoms with Crippen LogP contribution in [-0.2, 0) is 6.42 Å². The standard InChI is InChI=1S/C15H14ClN5/c1-10-6-11-4-2-3-5-12(11)20(8-10)14-7-13(16)19-15-17-9-18-21(14)15/h2-5,7,9-10H,6,8H2,1H3. The molecule has 0 bridgehead atoms. The molecule has 0 spiro atoms. The first-order chi connectivity index (χ1) is 10.2. The molecule has 0 fully saturated rings. The van der Waals surface area contributed by atoms with Gasteiger partial charge in [-0.15, -0.1) is 0 Å². The smallest absolute Gasteiger partial charge is 0.255 e. The third-order valence-electron chi connectivity index (χ3n) is 3.82. The lowest BCUT2D eigenvalue weighted by Gasteiger charge is -2.34. The largest absolute Gasteiger partial charge is 0.326 e. The van der Waals surface area contributed by atoms with E-state index in [1.54, 1.807) is 4.52 Å². The third kappa shape index (κ3) is 2.05. The van der Waals surface area contributed by atoms with Crippen LogP contribution in [0.2, 0.25) is 5.15 Å². The number of benzene rings is 1. The van der Waals surface area contributed by atoms with Gasteiger partial charge in [-0.05, 0) is 24.0 Å². The SMILES string of the molecule is CC1Cc2ccccc2N(c2cc(Cl)nc3ncnn23)C1. The summed E-state index contributed by atoms with van der Waals surface area (Å²) < 4.78 is 1.74. The molecule has 0 radical (unpaired) electrons. The summed E-state index contributed by atoms with van der Waals surface area (Å²) in [5.41, 5.74) is 2.55. The predicted molar refractivity (Wildman–Crippen MR) is 82.1 cm³/mol. The molecular weight excluding hydrogens is 286 g/mol. The normalized spacial score (nSPS) is 18.0. The van der Waals surface area contributed by atoms with Gasteiger partial charge in [0.2, 0.25) is 0 Å². The van der Waals surface area contributed by atoms with Gasteiger partial charge in [-0.3, -0.25) is 0 Å². The van der Waals surface area contributed by atoms with Crippen molar-refractivity contribution in [1.82, 2.24) is 19.6 Å². The van der Waals surface area contributed by atoms with E-state index in [4.69, 9.17) is 11.6 Å². The second-order valence-electron chi connectivity index (χ2n) is 5.46. The van der Waals surface area contributed by atoms with E-state index < -0.39 is 0 Å². The first-order valence-corrected chi connectivity index (χ1v) is 7.32. The van der Waals surface area contributed by atoms with Crippen LogP contribution in [0.25, 0.3) is 5.78 Å². The fraction of sp³-hybridized carbons (Fsp3) is 0.267. The van der Waals surface area contributed by atoms with Gasteiger partial charge in [0.1, 0.15) is 17.3 Å². The Balaban J connectivity index is 1.94. The van der Waals surface area contributed by atoms with Gasteiger partial charge < -0.3 is 4.90 Å². The Kier molecular flexibility index (Phi) is 2.82. The Morgan fingerprint density at radius 2 is 2.14 bits per heavy atom. The Hall–Kier alpha value is -2.14. The molecule has 6 heteroatoms. The minimum Gasteiger partial charge on any atom is -0.326 e. The second-order valence-corrected chi connectivity index (χ2v) is 5.84. The third-order valence-corrected chi connectivity index (χ3v) is 4.02. The Morgan fingerprint density at radius 3 is 3.05 bits per heavy atom. The lowest BCUT2D eigenvalue weighted by molar-refractivity contribution is 0.557. The van der Waals surface area contributed by atoms with E-state index in [-0.39, 0.29) is 0 Å². The second kappa shape index (κ2) is 4.70. The van der Waals surface area contributed by atoms with Gasteiger partial charge in [0.25, 0.3) is 5.78 Å². The lowest BCUT2D eigenvalue weighted by Crippen LogP contribution is -2.31. The molecule has 1 aromatic carbocycles. The van der Waals surface area contributed by atoms with E-state index in [1.165, 1.54) is 17.6 Å². The van der Waals surface area contributed by atoms with E-state index in [1.807, 2.05) is 6.07 Å². The molecule has 1 aliphatic heterocycles. The van der Waals surface area contributed by atoms with Crippen molar-refractivity contribution in [2.24, 2.45) is 5.92 Å². The monoisotopic (exact) mass is 299 g/mol. The number of rotatable bonds is 1. The summed E-state index contributed by atoms with van der Waals surface area (Å²) in [6.45, 7) is 3.18. The fourth-order valence-electron chi connectivity index (χ4n) is 2.97. The molecule has 1 unspecified atom stereocenters. The number of aromatic nitrogens is 4. The van der Waals surface area contributed by atoms with Crippen molar-refractivity contribution in [3.05, 3.63) is 47.4 Å². The number of anilines is 2. The highest BCUT2D eigenvalue weighted by Gasteiger charge is 2.25. The molecule has 0 N–H and O–H groups in total. The van der Waals surface area contributed by atoms with Crippen molar-refractivity contribution in [1.29, 1.82) is 0 Å². The molecule has 0 amide bonds. The Bertz CT molecular complexity index is 813. The molecule has 5 nitrogen and oxygen atoms in total. The number of hydrogen-bond acceptors (Lipinski definition) is 4. The van der Waals surface area contributed by atoms with Gasteiger partial charge >= 0.3 is 0 Å². The maximum Gasteiger partial charge on any atom is 0.255 e. The van der Waals surface area contributed by atoms with Gasteiger partial charge in [0.05, 0.1) is 0 Å². The number of hydrogen-bond donors (Lipinski definition) is 0. The van der Waals surface area contributed by atoms with Gasteiger partial charge in [0, 0.05) is 18.3 Å². The van der Waals surface area contributed by atoms with Crippen LogP contribution in [0, 0.1) is 5.92 Å². The van der Waals surface area contributed by atoms with Crippen LogP contribution in [0.15, 0.2) is 36.7 Å². The van der Waals surface area contributed by atoms with Crippen molar-refractivity contribution in [2.45, 2.75) is 13.3 Å². The van der Waals surface area contributed by atoms with Crippen LogP contribution in [0.4, 0.5) is 11.5 Å². The molecule has 0 saturated heterocycles. The van der Waals surface area contributed by atoms with Crippen LogP contribution in [0.5, 0.6) is 0 Å². The van der Waals surface area contributed by atoms with Gasteiger partial charge in [-0.25, -0.2) is 0 Å². The van der Waals surface area contributed by atoms with Crippen LogP contribution >= 0.6 is 11.6 Å². The van der Waals surface area contributed by atoms with Crippen LogP contribution in [0.3, 0.4) is 0 Å². The minimum absolute atomic E-state index is 0.432. The Labute approximate surface area is 127 Å². The maximum atomic E-state index is 6.14. The van der Waals surface area contributed by atoms with E-state index >= 15 is 0 Å². The average molecular weight is 300 g/mol. The van der Waals surface area contributed by atoms with Crippen LogP contribution in [0.1, 0.15) is 12.5 Å². The number of nitrogens with zero attached hydrogens (tertiary/aromatic N) is 5. The first-order valence-electron chi connectivity index (χ1n) is 6.94. The van der Waals surface area contributed by atoms with E-state index in [2.05, 4.69) is 51.2 Å². The molecule has 3 heterocycles. The van der Waals surface area contributed by atoms with Crippen LogP contribution < -0.4 is 4.90 Å². The summed E-state index contributed by atoms with van der Waals surface area (Å²) in [5.74, 6) is 1.99. The van der Waals surface area contributed by atoms with E-state index in [0.717, 1.165) is 18.8 Å². The molecule has 4 rings (SSSR count). The highest BCUT2D eigenvalue weighted by molar-refractivity contribution is 6.29. The summed E-state index contributed by atoms with van der Waals surface area (Å²) in [6.07, 6.45) is 2.59. The van der Waals surface area contributed by atoms with Gasteiger partial charge in [0.15, 0.2) is 0 Å². The molecule has 106 valence electrons. The molecule has 0 saturated carbocycles. The predicted octanol–water partition coefficient (Wildman–Crippen LogP) is 3.11. The van der Waals surface area contributed by atoms with E-state index in [0.29, 0.717) is 16.8 Å². The molecule has 3 aromatic rings. The van der Waals surface area contributed by atoms with Crippen molar-refractivity contribution < 1.29 is 0 Å². The minimum atomic E-state index is 0.432. The maximum absolute atomic E-state index is 6.14. The summed E-state index contributed by atoms with van der Waals surface area (Å²) in [7, 11) is 0. The van der Waals surface area contributed by atoms with Crippen molar-refractivity contribution >= 4 is 28.9 Å². The molecule has 0 aliphatic carbocycles.